The van der Waals surface area contributed by atoms with E-state index in [0.29, 0.717) is 61.5 Å². The molecule has 250 valence electrons. The largest absolute Gasteiger partial charge is 0.481 e. The van der Waals surface area contributed by atoms with Crippen molar-refractivity contribution in [2.75, 3.05) is 33.2 Å². The summed E-state index contributed by atoms with van der Waals surface area (Å²) in [4.78, 5) is 53.2. The lowest BCUT2D eigenvalue weighted by atomic mass is 9.94. The number of Topliss-reactive ketones (excluding diaryl/α,β-unsaturated/α-hetero) is 1. The first-order valence-electron chi connectivity index (χ1n) is 16.4. The van der Waals surface area contributed by atoms with Crippen LogP contribution >= 0.6 is 11.6 Å². The number of carbonyl (C=O) groups is 3. The molecule has 0 radical (unpaired) electrons. The number of carbonyl (C=O) groups excluding carboxylic acids is 2. The number of amides is 1. The molecule has 1 amide bonds. The van der Waals surface area contributed by atoms with Crippen LogP contribution in [0.15, 0.2) is 40.8 Å². The van der Waals surface area contributed by atoms with Crippen molar-refractivity contribution in [3.63, 3.8) is 0 Å². The molecule has 7 rings (SSSR count). The van der Waals surface area contributed by atoms with E-state index in [1.807, 2.05) is 59.8 Å². The summed E-state index contributed by atoms with van der Waals surface area (Å²) in [6.07, 6.45) is 2.14. The zero-order valence-corrected chi connectivity index (χ0v) is 28.2. The molecule has 2 aromatic carbocycles. The maximum absolute atomic E-state index is 13.5. The summed E-state index contributed by atoms with van der Waals surface area (Å²) >= 11 is 7.01. The second-order valence-electron chi connectivity index (χ2n) is 13.3. The number of hydrogen-bond donors (Lipinski definition) is 1. The van der Waals surface area contributed by atoms with Gasteiger partial charge >= 0.3 is 5.97 Å². The normalized spacial score (nSPS) is 17.0. The Morgan fingerprint density at radius 2 is 1.67 bits per heavy atom. The Labute approximate surface area is 284 Å². The number of hydrogen-bond acceptors (Lipinski definition) is 8. The minimum Gasteiger partial charge on any atom is -0.481 e. The van der Waals surface area contributed by atoms with Crippen LogP contribution in [0.1, 0.15) is 57.4 Å². The zero-order valence-electron chi connectivity index (χ0n) is 27.5. The van der Waals surface area contributed by atoms with Crippen LogP contribution in [-0.4, -0.2) is 85.2 Å². The Morgan fingerprint density at radius 3 is 2.42 bits per heavy atom. The first-order chi connectivity index (χ1) is 23.1. The number of fused-ring (bicyclic) bond motifs is 2. The van der Waals surface area contributed by atoms with Gasteiger partial charge in [-0.3, -0.25) is 19.3 Å². The summed E-state index contributed by atoms with van der Waals surface area (Å²) in [5.74, 6) is 0.466. The standard InChI is InChI=1S/C36H39ClN6O5/c1-21-24(26-9-4-6-23(33(26)37)16-30(44)34-38-27-17-40(2)13-12-29(27)41(34)3)7-5-8-25(21)35-39-28-18-43(19-31(28)48-35)32(45)20-42-14-10-22(11-15-42)36(46)47/h4-9,22H,10-20H2,1-3H3,(H,46,47). The number of halogens is 1. The number of benzene rings is 2. The molecule has 0 saturated carbocycles. The Morgan fingerprint density at radius 1 is 0.938 bits per heavy atom. The van der Waals surface area contributed by atoms with Gasteiger partial charge in [0.15, 0.2) is 5.82 Å². The molecule has 3 aliphatic rings. The Kier molecular flexibility index (Phi) is 8.69. The molecular weight excluding hydrogens is 632 g/mol. The summed E-state index contributed by atoms with van der Waals surface area (Å²) < 4.78 is 8.16. The molecule has 12 heteroatoms. The van der Waals surface area contributed by atoms with Crippen LogP contribution in [0.5, 0.6) is 0 Å². The van der Waals surface area contributed by atoms with Crippen LogP contribution in [0.3, 0.4) is 0 Å². The van der Waals surface area contributed by atoms with Gasteiger partial charge in [0.05, 0.1) is 36.3 Å². The van der Waals surface area contributed by atoms with Gasteiger partial charge in [0.1, 0.15) is 11.5 Å². The van der Waals surface area contributed by atoms with Gasteiger partial charge < -0.3 is 23.9 Å². The second-order valence-corrected chi connectivity index (χ2v) is 13.6. The maximum Gasteiger partial charge on any atom is 0.306 e. The van der Waals surface area contributed by atoms with Crippen LogP contribution in [0.25, 0.3) is 22.6 Å². The van der Waals surface area contributed by atoms with Crippen molar-refractivity contribution in [1.29, 1.82) is 0 Å². The zero-order chi connectivity index (χ0) is 33.7. The van der Waals surface area contributed by atoms with Crippen LogP contribution < -0.4 is 0 Å². The predicted octanol–water partition coefficient (Wildman–Crippen LogP) is 4.76. The van der Waals surface area contributed by atoms with E-state index < -0.39 is 5.97 Å². The van der Waals surface area contributed by atoms with Gasteiger partial charge in [-0.15, -0.1) is 0 Å². The molecule has 0 spiro atoms. The molecule has 48 heavy (non-hydrogen) atoms. The molecule has 3 aliphatic heterocycles. The number of nitrogens with zero attached hydrogens (tertiary/aromatic N) is 6. The molecule has 0 bridgehead atoms. The highest BCUT2D eigenvalue weighted by atomic mass is 35.5. The number of aliphatic carboxylic acids is 1. The van der Waals surface area contributed by atoms with Gasteiger partial charge in [-0.25, -0.2) is 9.97 Å². The first kappa shape index (κ1) is 32.2. The van der Waals surface area contributed by atoms with Crippen LogP contribution in [-0.2, 0) is 49.1 Å². The fourth-order valence-corrected chi connectivity index (χ4v) is 7.50. The number of aromatic nitrogens is 3. The number of carboxylic acids is 1. The van der Waals surface area contributed by atoms with Crippen molar-refractivity contribution in [1.82, 2.24) is 29.2 Å². The van der Waals surface area contributed by atoms with Gasteiger partial charge in [0, 0.05) is 49.8 Å². The van der Waals surface area contributed by atoms with Crippen molar-refractivity contribution in [3.8, 4) is 22.6 Å². The highest BCUT2D eigenvalue weighted by molar-refractivity contribution is 6.34. The third-order valence-corrected chi connectivity index (χ3v) is 10.5. The summed E-state index contributed by atoms with van der Waals surface area (Å²) in [5, 5.41) is 9.77. The number of carboxylic acid groups (broad SMARTS) is 1. The highest BCUT2D eigenvalue weighted by Gasteiger charge is 2.32. The Hall–Kier alpha value is -4.32. The van der Waals surface area contributed by atoms with Gasteiger partial charge in [-0.2, -0.15) is 0 Å². The average molecular weight is 671 g/mol. The third-order valence-electron chi connectivity index (χ3n) is 10.1. The molecule has 5 heterocycles. The quantitative estimate of drug-likeness (QED) is 0.264. The van der Waals surface area contributed by atoms with Crippen molar-refractivity contribution in [2.24, 2.45) is 13.0 Å². The van der Waals surface area contributed by atoms with E-state index in [1.54, 1.807) is 4.90 Å². The summed E-state index contributed by atoms with van der Waals surface area (Å²) in [5.41, 5.74) is 7.10. The van der Waals surface area contributed by atoms with E-state index in [0.717, 1.165) is 64.4 Å². The third kappa shape index (κ3) is 6.06. The summed E-state index contributed by atoms with van der Waals surface area (Å²) in [7, 11) is 3.98. The SMILES string of the molecule is Cc1c(-c2nc3c(o2)CN(C(=O)CN2CCC(C(=O)O)CC2)C3)cccc1-c1cccc(CC(=O)c2nc3c(n2C)CCN(C)C3)c1Cl. The number of likely N-dealkylation sites (N-methyl/N-ethyl adjacent to an activating group) is 1. The van der Waals surface area contributed by atoms with Gasteiger partial charge in [-0.1, -0.05) is 41.9 Å². The molecule has 2 aromatic heterocycles. The Balaban J connectivity index is 1.05. The van der Waals surface area contributed by atoms with Crippen molar-refractivity contribution in [2.45, 2.75) is 52.2 Å². The molecule has 11 nitrogen and oxygen atoms in total. The molecule has 4 aromatic rings. The van der Waals surface area contributed by atoms with Crippen LogP contribution in [0, 0.1) is 12.8 Å². The van der Waals surface area contributed by atoms with E-state index >= 15 is 0 Å². The predicted molar refractivity (Wildman–Crippen MR) is 179 cm³/mol. The summed E-state index contributed by atoms with van der Waals surface area (Å²) in [6, 6.07) is 11.7. The minimum absolute atomic E-state index is 0.0141. The molecular formula is C36H39ClN6O5. The monoisotopic (exact) mass is 670 g/mol. The lowest BCUT2D eigenvalue weighted by Gasteiger charge is -2.30. The number of piperidine rings is 1. The number of imidazole rings is 1. The van der Waals surface area contributed by atoms with E-state index in [9.17, 15) is 19.5 Å². The van der Waals surface area contributed by atoms with Gasteiger partial charge in [0.25, 0.3) is 0 Å². The summed E-state index contributed by atoms with van der Waals surface area (Å²) in [6.45, 7) is 5.88. The lowest BCUT2D eigenvalue weighted by Crippen LogP contribution is -2.43. The van der Waals surface area contributed by atoms with Crippen molar-refractivity contribution >= 4 is 29.3 Å². The van der Waals surface area contributed by atoms with Crippen molar-refractivity contribution in [3.05, 3.63) is 81.2 Å². The molecule has 1 N–H and O–H groups in total. The first-order valence-corrected chi connectivity index (χ1v) is 16.8. The number of likely N-dealkylation sites (tertiary alicyclic amines) is 1. The fraction of sp³-hybridized carbons (Fsp3) is 0.417. The molecule has 0 aliphatic carbocycles. The highest BCUT2D eigenvalue weighted by Crippen LogP contribution is 2.38. The molecule has 1 saturated heterocycles. The van der Waals surface area contributed by atoms with E-state index in [2.05, 4.69) is 11.9 Å². The average Bonchev–Trinajstić information content (AvgIpc) is 3.74. The number of rotatable bonds is 8. The van der Waals surface area contributed by atoms with Crippen molar-refractivity contribution < 1.29 is 23.9 Å². The molecule has 0 atom stereocenters. The van der Waals surface area contributed by atoms with E-state index in [1.165, 1.54) is 0 Å². The lowest BCUT2D eigenvalue weighted by molar-refractivity contribution is -0.143. The topological polar surface area (TPSA) is 125 Å². The van der Waals surface area contributed by atoms with Gasteiger partial charge in [-0.05, 0) is 62.7 Å². The van der Waals surface area contributed by atoms with Gasteiger partial charge in [0.2, 0.25) is 17.6 Å². The number of oxazole rings is 1. The maximum atomic E-state index is 13.5. The number of ketones is 1. The molecule has 0 unspecified atom stereocenters. The van der Waals surface area contributed by atoms with Crippen LogP contribution in [0.4, 0.5) is 0 Å². The van der Waals surface area contributed by atoms with E-state index in [-0.39, 0.29) is 30.6 Å². The second kappa shape index (κ2) is 12.9. The Bertz CT molecular complexity index is 1900. The fourth-order valence-electron chi connectivity index (χ4n) is 7.21. The molecule has 1 fully saturated rings. The smallest absolute Gasteiger partial charge is 0.306 e. The minimum atomic E-state index is -0.761. The van der Waals surface area contributed by atoms with Crippen LogP contribution in [0.2, 0.25) is 5.02 Å². The van der Waals surface area contributed by atoms with E-state index in [4.69, 9.17) is 26.0 Å².